The number of nitrogens with one attached hydrogen (secondary N) is 2. The van der Waals surface area contributed by atoms with Gasteiger partial charge in [0.25, 0.3) is 5.91 Å². The van der Waals surface area contributed by atoms with E-state index in [-0.39, 0.29) is 11.8 Å². The van der Waals surface area contributed by atoms with Crippen molar-refractivity contribution in [2.45, 2.75) is 6.42 Å². The number of nitrogens with zero attached hydrogens (tertiary/aromatic N) is 2. The molecule has 0 aliphatic carbocycles. The molecule has 0 aliphatic heterocycles. The van der Waals surface area contributed by atoms with Crippen molar-refractivity contribution in [1.29, 1.82) is 0 Å². The predicted octanol–water partition coefficient (Wildman–Crippen LogP) is 3.15. The van der Waals surface area contributed by atoms with Crippen LogP contribution in [0, 0.1) is 0 Å². The van der Waals surface area contributed by atoms with Crippen LogP contribution in [-0.2, 0) is 11.2 Å². The number of hydrogen-bond donors (Lipinski definition) is 2. The molecule has 4 rings (SSSR count). The van der Waals surface area contributed by atoms with Crippen LogP contribution in [0.2, 0.25) is 0 Å². The molecule has 0 unspecified atom stereocenters. The van der Waals surface area contributed by atoms with Gasteiger partial charge in [-0.25, -0.2) is 4.98 Å². The maximum atomic E-state index is 12.5. The van der Waals surface area contributed by atoms with Crippen molar-refractivity contribution in [3.63, 3.8) is 0 Å². The summed E-state index contributed by atoms with van der Waals surface area (Å²) in [6.07, 6.45) is 2.28. The lowest BCUT2D eigenvalue weighted by atomic mass is 10.1. The Morgan fingerprint density at radius 3 is 2.80 bits per heavy atom. The largest absolute Gasteiger partial charge is 0.359 e. The fourth-order valence-electron chi connectivity index (χ4n) is 2.53. The number of imidazole rings is 1. The van der Waals surface area contributed by atoms with Gasteiger partial charge in [0.1, 0.15) is 4.83 Å². The Kier molecular flexibility index (Phi) is 3.98. The quantitative estimate of drug-likeness (QED) is 0.579. The number of aromatic nitrogens is 2. The van der Waals surface area contributed by atoms with Gasteiger partial charge >= 0.3 is 0 Å². The molecule has 4 aromatic rings. The van der Waals surface area contributed by atoms with Crippen LogP contribution in [0.5, 0.6) is 0 Å². The molecule has 25 heavy (non-hydrogen) atoms. The lowest BCUT2D eigenvalue weighted by Gasteiger charge is -2.05. The molecule has 3 aromatic heterocycles. The van der Waals surface area contributed by atoms with Crippen LogP contribution in [0.3, 0.4) is 0 Å². The number of amides is 2. The van der Waals surface area contributed by atoms with Crippen molar-refractivity contribution in [2.24, 2.45) is 0 Å². The van der Waals surface area contributed by atoms with Crippen LogP contribution in [-0.4, -0.2) is 28.2 Å². The summed E-state index contributed by atoms with van der Waals surface area (Å²) >= 11 is 2.95. The van der Waals surface area contributed by atoms with Crippen molar-refractivity contribution in [3.05, 3.63) is 52.3 Å². The Morgan fingerprint density at radius 2 is 2.04 bits per heavy atom. The summed E-state index contributed by atoms with van der Waals surface area (Å²) in [6.45, 7) is 0. The molecular formula is C17H14N4O2S2. The SMILES string of the molecule is CNC(=O)Cc1ccc(NC(=O)c2cc3c(nc4sccn43)s2)cc1. The van der Waals surface area contributed by atoms with Crippen molar-refractivity contribution >= 4 is 55.5 Å². The summed E-state index contributed by atoms with van der Waals surface area (Å²) in [5.41, 5.74) is 2.54. The van der Waals surface area contributed by atoms with E-state index in [0.717, 1.165) is 20.9 Å². The smallest absolute Gasteiger partial charge is 0.265 e. The molecule has 2 amide bonds. The summed E-state index contributed by atoms with van der Waals surface area (Å²) in [5.74, 6) is -0.204. The first-order valence-corrected chi connectivity index (χ1v) is 9.29. The molecule has 0 aliphatic rings. The molecule has 6 nitrogen and oxygen atoms in total. The number of rotatable bonds is 4. The van der Waals surface area contributed by atoms with E-state index in [1.165, 1.54) is 11.3 Å². The highest BCUT2D eigenvalue weighted by molar-refractivity contribution is 7.21. The molecule has 3 heterocycles. The van der Waals surface area contributed by atoms with Gasteiger partial charge in [-0.1, -0.05) is 12.1 Å². The second-order valence-electron chi connectivity index (χ2n) is 5.47. The minimum atomic E-state index is -0.161. The minimum Gasteiger partial charge on any atom is -0.359 e. The number of carbonyl (C=O) groups excluding carboxylic acids is 2. The Hall–Kier alpha value is -2.71. The summed E-state index contributed by atoms with van der Waals surface area (Å²) in [4.78, 5) is 30.8. The summed E-state index contributed by atoms with van der Waals surface area (Å²) < 4.78 is 1.99. The number of fused-ring (bicyclic) bond motifs is 3. The molecular weight excluding hydrogens is 356 g/mol. The molecule has 0 radical (unpaired) electrons. The number of likely N-dealkylation sites (N-methyl/N-ethyl adjacent to an activating group) is 1. The summed E-state index contributed by atoms with van der Waals surface area (Å²) in [5, 5.41) is 7.44. The highest BCUT2D eigenvalue weighted by Gasteiger charge is 2.15. The first-order chi connectivity index (χ1) is 12.1. The zero-order chi connectivity index (χ0) is 17.4. The lowest BCUT2D eigenvalue weighted by Crippen LogP contribution is -2.19. The van der Waals surface area contributed by atoms with Gasteiger partial charge in [0.05, 0.1) is 16.8 Å². The molecule has 0 saturated heterocycles. The zero-order valence-corrected chi connectivity index (χ0v) is 14.9. The molecule has 126 valence electrons. The number of anilines is 1. The maximum Gasteiger partial charge on any atom is 0.265 e. The van der Waals surface area contributed by atoms with E-state index in [1.54, 1.807) is 30.5 Å². The second-order valence-corrected chi connectivity index (χ2v) is 7.37. The Morgan fingerprint density at radius 1 is 1.24 bits per heavy atom. The number of hydrogen-bond acceptors (Lipinski definition) is 5. The monoisotopic (exact) mass is 370 g/mol. The average molecular weight is 370 g/mol. The maximum absolute atomic E-state index is 12.5. The van der Waals surface area contributed by atoms with Crippen LogP contribution in [0.25, 0.3) is 15.3 Å². The Bertz CT molecular complexity index is 1080. The van der Waals surface area contributed by atoms with Gasteiger partial charge in [-0.3, -0.25) is 14.0 Å². The first-order valence-electron chi connectivity index (χ1n) is 7.60. The minimum absolute atomic E-state index is 0.0427. The summed E-state index contributed by atoms with van der Waals surface area (Å²) in [7, 11) is 1.61. The third-order valence-corrected chi connectivity index (χ3v) is 5.59. The highest BCUT2D eigenvalue weighted by atomic mass is 32.1. The van der Waals surface area contributed by atoms with Crippen LogP contribution in [0.4, 0.5) is 5.69 Å². The van der Waals surface area contributed by atoms with Crippen LogP contribution >= 0.6 is 22.7 Å². The average Bonchev–Trinajstić information content (AvgIpc) is 3.28. The highest BCUT2D eigenvalue weighted by Crippen LogP contribution is 2.28. The van der Waals surface area contributed by atoms with Crippen LogP contribution in [0.15, 0.2) is 41.9 Å². The Balaban J connectivity index is 1.51. The summed E-state index contributed by atoms with van der Waals surface area (Å²) in [6, 6.07) is 9.13. The second kappa shape index (κ2) is 6.30. The molecule has 1 aromatic carbocycles. The number of benzene rings is 1. The topological polar surface area (TPSA) is 75.5 Å². The Labute approximate surface area is 151 Å². The fourth-order valence-corrected chi connectivity index (χ4v) is 4.23. The van der Waals surface area contributed by atoms with Gasteiger partial charge in [0, 0.05) is 24.3 Å². The molecule has 0 saturated carbocycles. The molecule has 0 atom stereocenters. The standard InChI is InChI=1S/C17H14N4O2S2/c1-18-14(22)8-10-2-4-11(5-3-10)19-15(23)13-9-12-16(25-13)20-17-21(12)6-7-24-17/h2-7,9H,8H2,1H3,(H,18,22)(H,19,23). The van der Waals surface area contributed by atoms with Gasteiger partial charge in [-0.05, 0) is 23.8 Å². The fraction of sp³-hybridized carbons (Fsp3) is 0.118. The third-order valence-electron chi connectivity index (χ3n) is 3.82. The van der Waals surface area contributed by atoms with Crippen molar-refractivity contribution < 1.29 is 9.59 Å². The molecule has 0 fully saturated rings. The molecule has 0 spiro atoms. The van der Waals surface area contributed by atoms with E-state index in [9.17, 15) is 9.59 Å². The van der Waals surface area contributed by atoms with E-state index < -0.39 is 0 Å². The third kappa shape index (κ3) is 3.01. The van der Waals surface area contributed by atoms with Gasteiger partial charge in [0.15, 0.2) is 4.96 Å². The van der Waals surface area contributed by atoms with Gasteiger partial charge in [-0.2, -0.15) is 0 Å². The van der Waals surface area contributed by atoms with Crippen molar-refractivity contribution in [3.8, 4) is 0 Å². The number of thiophene rings is 1. The normalized spacial score (nSPS) is 11.1. The molecule has 0 bridgehead atoms. The van der Waals surface area contributed by atoms with Crippen molar-refractivity contribution in [2.75, 3.05) is 12.4 Å². The van der Waals surface area contributed by atoms with E-state index in [1.807, 2.05) is 34.2 Å². The van der Waals surface area contributed by atoms with Gasteiger partial charge < -0.3 is 10.6 Å². The van der Waals surface area contributed by atoms with E-state index in [0.29, 0.717) is 17.0 Å². The predicted molar refractivity (Wildman–Crippen MR) is 101 cm³/mol. The van der Waals surface area contributed by atoms with Crippen LogP contribution < -0.4 is 10.6 Å². The van der Waals surface area contributed by atoms with Gasteiger partial charge in [0.2, 0.25) is 5.91 Å². The van der Waals surface area contributed by atoms with E-state index in [2.05, 4.69) is 15.6 Å². The van der Waals surface area contributed by atoms with Crippen LogP contribution in [0.1, 0.15) is 15.2 Å². The van der Waals surface area contributed by atoms with Gasteiger partial charge in [-0.15, -0.1) is 22.7 Å². The number of carbonyl (C=O) groups is 2. The zero-order valence-electron chi connectivity index (χ0n) is 13.3. The van der Waals surface area contributed by atoms with E-state index >= 15 is 0 Å². The van der Waals surface area contributed by atoms with E-state index in [4.69, 9.17) is 0 Å². The molecule has 8 heteroatoms. The first kappa shape index (κ1) is 15.8. The number of thiazole rings is 1. The lowest BCUT2D eigenvalue weighted by molar-refractivity contribution is -0.119. The molecule has 2 N–H and O–H groups in total. The van der Waals surface area contributed by atoms with Crippen molar-refractivity contribution in [1.82, 2.24) is 14.7 Å².